The first-order chi connectivity index (χ1) is 5.61. The Morgan fingerprint density at radius 1 is 1.33 bits per heavy atom. The lowest BCUT2D eigenvalue weighted by Gasteiger charge is -2.25. The predicted octanol–water partition coefficient (Wildman–Crippen LogP) is 3.17. The Bertz CT molecular complexity index is 157. The fourth-order valence-corrected chi connectivity index (χ4v) is 2.24. The summed E-state index contributed by atoms with van der Waals surface area (Å²) in [4.78, 5) is 11.6. The first-order valence-electron chi connectivity index (χ1n) is 4.79. The van der Waals surface area contributed by atoms with Gasteiger partial charge in [0.2, 0.25) is 0 Å². The van der Waals surface area contributed by atoms with Gasteiger partial charge in [-0.25, -0.2) is 0 Å². The second-order valence-electron chi connectivity index (χ2n) is 3.98. The summed E-state index contributed by atoms with van der Waals surface area (Å²) in [7, 11) is 0. The molecule has 0 heterocycles. The number of rotatable bonds is 2. The van der Waals surface area contributed by atoms with Gasteiger partial charge < -0.3 is 0 Å². The largest absolute Gasteiger partial charge is 0.298 e. The van der Waals surface area contributed by atoms with Crippen LogP contribution in [0.4, 0.5) is 0 Å². The Morgan fingerprint density at radius 2 is 1.83 bits per heavy atom. The molecule has 0 radical (unpaired) electrons. The number of carbonyl (C=O) groups is 1. The number of alkyl halides is 1. The van der Waals surface area contributed by atoms with Crippen molar-refractivity contribution >= 4 is 21.7 Å². The molecule has 0 aliphatic heterocycles. The molecule has 0 bridgehead atoms. The van der Waals surface area contributed by atoms with Crippen molar-refractivity contribution in [2.24, 2.45) is 11.8 Å². The van der Waals surface area contributed by atoms with Crippen LogP contribution < -0.4 is 0 Å². The first-order valence-corrected chi connectivity index (χ1v) is 5.70. The van der Waals surface area contributed by atoms with E-state index in [-0.39, 0.29) is 4.83 Å². The Labute approximate surface area is 83.0 Å². The van der Waals surface area contributed by atoms with Gasteiger partial charge in [-0.15, -0.1) is 0 Å². The van der Waals surface area contributed by atoms with Crippen LogP contribution in [0.15, 0.2) is 0 Å². The van der Waals surface area contributed by atoms with Gasteiger partial charge in [0.15, 0.2) is 0 Å². The number of hydrogen-bond donors (Lipinski definition) is 0. The van der Waals surface area contributed by atoms with Crippen molar-refractivity contribution in [3.05, 3.63) is 0 Å². The predicted molar refractivity (Wildman–Crippen MR) is 54.5 cm³/mol. The molecule has 1 unspecified atom stereocenters. The molecule has 0 spiro atoms. The SMILES string of the molecule is CC1CCC(C(=O)C(C)Br)CC1. The van der Waals surface area contributed by atoms with Crippen LogP contribution in [0.3, 0.4) is 0 Å². The van der Waals surface area contributed by atoms with Gasteiger partial charge in [0, 0.05) is 5.92 Å². The lowest BCUT2D eigenvalue weighted by atomic mass is 9.80. The van der Waals surface area contributed by atoms with Crippen LogP contribution in [0.5, 0.6) is 0 Å². The highest BCUT2D eigenvalue weighted by atomic mass is 79.9. The van der Waals surface area contributed by atoms with E-state index < -0.39 is 0 Å². The van der Waals surface area contributed by atoms with Crippen molar-refractivity contribution in [3.8, 4) is 0 Å². The van der Waals surface area contributed by atoms with Crippen molar-refractivity contribution in [2.45, 2.75) is 44.4 Å². The lowest BCUT2D eigenvalue weighted by Crippen LogP contribution is -2.25. The van der Waals surface area contributed by atoms with Crippen molar-refractivity contribution in [1.82, 2.24) is 0 Å². The molecule has 1 atom stereocenters. The summed E-state index contributed by atoms with van der Waals surface area (Å²) in [5, 5.41) is 0. The molecule has 1 aliphatic carbocycles. The van der Waals surface area contributed by atoms with Gasteiger partial charge in [-0.05, 0) is 25.7 Å². The maximum absolute atomic E-state index is 11.6. The molecule has 1 saturated carbocycles. The molecular formula is C10H17BrO. The molecule has 0 aromatic carbocycles. The minimum absolute atomic E-state index is 0.0518. The summed E-state index contributed by atoms with van der Waals surface area (Å²) in [6, 6.07) is 0. The van der Waals surface area contributed by atoms with Gasteiger partial charge in [-0.1, -0.05) is 35.7 Å². The topological polar surface area (TPSA) is 17.1 Å². The van der Waals surface area contributed by atoms with Crippen LogP contribution in [0.2, 0.25) is 0 Å². The molecule has 0 aromatic rings. The highest BCUT2D eigenvalue weighted by Crippen LogP contribution is 2.30. The second kappa shape index (κ2) is 4.40. The minimum atomic E-state index is 0.0518. The monoisotopic (exact) mass is 232 g/mol. The smallest absolute Gasteiger partial charge is 0.149 e. The summed E-state index contributed by atoms with van der Waals surface area (Å²) in [6.07, 6.45) is 4.68. The van der Waals surface area contributed by atoms with Gasteiger partial charge in [0.1, 0.15) is 5.78 Å². The summed E-state index contributed by atoms with van der Waals surface area (Å²) >= 11 is 3.34. The molecule has 2 heteroatoms. The molecular weight excluding hydrogens is 216 g/mol. The highest BCUT2D eigenvalue weighted by Gasteiger charge is 2.26. The van der Waals surface area contributed by atoms with Crippen molar-refractivity contribution < 1.29 is 4.79 Å². The van der Waals surface area contributed by atoms with Crippen LogP contribution in [-0.2, 0) is 4.79 Å². The summed E-state index contributed by atoms with van der Waals surface area (Å²) in [5.74, 6) is 1.58. The van der Waals surface area contributed by atoms with Crippen LogP contribution in [0.1, 0.15) is 39.5 Å². The Morgan fingerprint density at radius 3 is 2.25 bits per heavy atom. The van der Waals surface area contributed by atoms with Crippen LogP contribution >= 0.6 is 15.9 Å². The highest BCUT2D eigenvalue weighted by molar-refractivity contribution is 9.10. The third-order valence-corrected chi connectivity index (χ3v) is 3.26. The molecule has 1 aliphatic rings. The molecule has 0 amide bonds. The minimum Gasteiger partial charge on any atom is -0.298 e. The van der Waals surface area contributed by atoms with Gasteiger partial charge >= 0.3 is 0 Å². The molecule has 0 N–H and O–H groups in total. The number of ketones is 1. The average molecular weight is 233 g/mol. The van der Waals surface area contributed by atoms with Crippen LogP contribution in [0.25, 0.3) is 0 Å². The van der Waals surface area contributed by atoms with Crippen molar-refractivity contribution in [3.63, 3.8) is 0 Å². The van der Waals surface area contributed by atoms with E-state index in [1.54, 1.807) is 0 Å². The standard InChI is InChI=1S/C10H17BrO/c1-7-3-5-9(6-4-7)10(12)8(2)11/h7-9H,3-6H2,1-2H3. The maximum Gasteiger partial charge on any atom is 0.149 e. The third kappa shape index (κ3) is 2.58. The molecule has 1 fully saturated rings. The zero-order valence-electron chi connectivity index (χ0n) is 7.85. The molecule has 12 heavy (non-hydrogen) atoms. The lowest BCUT2D eigenvalue weighted by molar-refractivity contribution is -0.123. The summed E-state index contributed by atoms with van der Waals surface area (Å²) < 4.78 is 0. The maximum atomic E-state index is 11.6. The average Bonchev–Trinajstić information content (AvgIpc) is 2.04. The normalized spacial score (nSPS) is 32.9. The van der Waals surface area contributed by atoms with Gasteiger partial charge in [-0.2, -0.15) is 0 Å². The number of halogens is 1. The number of hydrogen-bond acceptors (Lipinski definition) is 1. The molecule has 0 aromatic heterocycles. The van der Waals surface area contributed by atoms with Gasteiger partial charge in [-0.3, -0.25) is 4.79 Å². The quantitative estimate of drug-likeness (QED) is 0.669. The van der Waals surface area contributed by atoms with E-state index >= 15 is 0 Å². The Kier molecular flexibility index (Phi) is 3.76. The fraction of sp³-hybridized carbons (Fsp3) is 0.900. The summed E-state index contributed by atoms with van der Waals surface area (Å²) in [5.41, 5.74) is 0. The van der Waals surface area contributed by atoms with Gasteiger partial charge in [0.25, 0.3) is 0 Å². The Balaban J connectivity index is 2.39. The van der Waals surface area contributed by atoms with E-state index in [2.05, 4.69) is 22.9 Å². The third-order valence-electron chi connectivity index (χ3n) is 2.81. The number of Topliss-reactive ketones (excluding diaryl/α,β-unsaturated/α-hetero) is 1. The number of carbonyl (C=O) groups excluding carboxylic acids is 1. The summed E-state index contributed by atoms with van der Waals surface area (Å²) in [6.45, 7) is 4.21. The van der Waals surface area contributed by atoms with E-state index in [9.17, 15) is 4.79 Å². The molecule has 1 nitrogen and oxygen atoms in total. The first kappa shape index (κ1) is 10.2. The van der Waals surface area contributed by atoms with Crippen molar-refractivity contribution in [2.75, 3.05) is 0 Å². The molecule has 1 rings (SSSR count). The van der Waals surface area contributed by atoms with Crippen LogP contribution in [0, 0.1) is 11.8 Å². The molecule has 0 saturated heterocycles. The van der Waals surface area contributed by atoms with E-state index in [1.807, 2.05) is 6.92 Å². The van der Waals surface area contributed by atoms with Gasteiger partial charge in [0.05, 0.1) is 4.83 Å². The fourth-order valence-electron chi connectivity index (χ4n) is 1.87. The Hall–Kier alpha value is 0.150. The van der Waals surface area contributed by atoms with E-state index in [0.717, 1.165) is 18.8 Å². The van der Waals surface area contributed by atoms with E-state index in [1.165, 1.54) is 12.8 Å². The molecule has 70 valence electrons. The van der Waals surface area contributed by atoms with E-state index in [4.69, 9.17) is 0 Å². The zero-order valence-corrected chi connectivity index (χ0v) is 9.43. The van der Waals surface area contributed by atoms with E-state index in [0.29, 0.717) is 11.7 Å². The van der Waals surface area contributed by atoms with Crippen molar-refractivity contribution in [1.29, 1.82) is 0 Å². The zero-order chi connectivity index (χ0) is 9.14. The van der Waals surface area contributed by atoms with Crippen LogP contribution in [-0.4, -0.2) is 10.6 Å². The second-order valence-corrected chi connectivity index (χ2v) is 5.35.